The van der Waals surface area contributed by atoms with Crippen LogP contribution in [0, 0.1) is 0 Å². The van der Waals surface area contributed by atoms with Crippen LogP contribution in [0.5, 0.6) is 0 Å². The van der Waals surface area contributed by atoms with Gasteiger partial charge in [-0.3, -0.25) is 4.90 Å². The normalized spacial score (nSPS) is 29.7. The van der Waals surface area contributed by atoms with Crippen LogP contribution in [0.4, 0.5) is 0 Å². The molecule has 3 fully saturated rings. The molecule has 0 aromatic heterocycles. The summed E-state index contributed by atoms with van der Waals surface area (Å²) in [7, 11) is 0. The summed E-state index contributed by atoms with van der Waals surface area (Å²) in [6.07, 6.45) is 12.7. The van der Waals surface area contributed by atoms with E-state index in [0.29, 0.717) is 5.54 Å². The molecule has 19 heavy (non-hydrogen) atoms. The molecular weight excluding hydrogens is 236 g/mol. The van der Waals surface area contributed by atoms with E-state index < -0.39 is 0 Å². The molecule has 0 radical (unpaired) electrons. The zero-order valence-corrected chi connectivity index (χ0v) is 12.3. The minimum Gasteiger partial charge on any atom is -0.379 e. The summed E-state index contributed by atoms with van der Waals surface area (Å²) in [4.78, 5) is 2.75. The maximum Gasteiger partial charge on any atom is 0.0594 e. The van der Waals surface area contributed by atoms with Crippen LogP contribution in [0.3, 0.4) is 0 Å². The van der Waals surface area contributed by atoms with Gasteiger partial charge in [0, 0.05) is 31.2 Å². The monoisotopic (exact) mass is 266 g/mol. The van der Waals surface area contributed by atoms with Gasteiger partial charge in [-0.05, 0) is 25.7 Å². The second-order valence-corrected chi connectivity index (χ2v) is 6.75. The topological polar surface area (TPSA) is 24.5 Å². The lowest BCUT2D eigenvalue weighted by molar-refractivity contribution is -0.0376. The molecule has 3 heteroatoms. The summed E-state index contributed by atoms with van der Waals surface area (Å²) in [6.45, 7) is 5.38. The Bertz CT molecular complexity index is 264. The van der Waals surface area contributed by atoms with E-state index >= 15 is 0 Å². The van der Waals surface area contributed by atoms with Crippen LogP contribution in [0.1, 0.15) is 57.8 Å². The Hall–Kier alpha value is -0.120. The van der Waals surface area contributed by atoms with Crippen LogP contribution >= 0.6 is 0 Å². The Balaban J connectivity index is 1.61. The van der Waals surface area contributed by atoms with Crippen molar-refractivity contribution >= 4 is 0 Å². The average Bonchev–Trinajstić information content (AvgIpc) is 3.01. The fourth-order valence-electron chi connectivity index (χ4n) is 4.32. The lowest BCUT2D eigenvalue weighted by Crippen LogP contribution is -2.59. The summed E-state index contributed by atoms with van der Waals surface area (Å²) in [5, 5.41) is 3.91. The number of nitrogens with one attached hydrogen (secondary N) is 1. The smallest absolute Gasteiger partial charge is 0.0594 e. The van der Waals surface area contributed by atoms with Crippen molar-refractivity contribution in [1.82, 2.24) is 10.2 Å². The third kappa shape index (κ3) is 3.32. The molecule has 0 amide bonds. The van der Waals surface area contributed by atoms with Gasteiger partial charge in [-0.15, -0.1) is 0 Å². The van der Waals surface area contributed by atoms with Gasteiger partial charge in [-0.25, -0.2) is 0 Å². The van der Waals surface area contributed by atoms with E-state index in [2.05, 4.69) is 10.2 Å². The highest BCUT2D eigenvalue weighted by molar-refractivity contribution is 4.96. The van der Waals surface area contributed by atoms with Gasteiger partial charge >= 0.3 is 0 Å². The third-order valence-electron chi connectivity index (χ3n) is 5.54. The van der Waals surface area contributed by atoms with E-state index in [-0.39, 0.29) is 0 Å². The first kappa shape index (κ1) is 13.8. The molecule has 2 aliphatic carbocycles. The summed E-state index contributed by atoms with van der Waals surface area (Å²) in [5.74, 6) is 0. The molecule has 1 N–H and O–H groups in total. The standard InChI is InChI=1S/C16H30N2O/c1-4-8-16(9-5-1,18-10-12-19-13-11-18)14-17-15-6-2-3-7-15/h15,17H,1-14H2. The molecule has 3 aliphatic rings. The Kier molecular flexibility index (Phi) is 4.78. The number of rotatable bonds is 4. The molecule has 3 nitrogen and oxygen atoms in total. The quantitative estimate of drug-likeness (QED) is 0.846. The summed E-state index contributed by atoms with van der Waals surface area (Å²) in [6, 6.07) is 0.805. The summed E-state index contributed by atoms with van der Waals surface area (Å²) in [5.41, 5.74) is 0.449. The SMILES string of the molecule is C1CCC(CNC2CCCC2)(N2CCOCC2)CC1. The van der Waals surface area contributed by atoms with Gasteiger partial charge in [0.15, 0.2) is 0 Å². The zero-order chi connectivity index (χ0) is 13.0. The van der Waals surface area contributed by atoms with Crippen LogP contribution in [-0.2, 0) is 4.74 Å². The average molecular weight is 266 g/mol. The minimum atomic E-state index is 0.449. The fraction of sp³-hybridized carbons (Fsp3) is 1.00. The second-order valence-electron chi connectivity index (χ2n) is 6.75. The number of morpholine rings is 1. The fourth-order valence-corrected chi connectivity index (χ4v) is 4.32. The lowest BCUT2D eigenvalue weighted by atomic mass is 9.79. The van der Waals surface area contributed by atoms with Crippen LogP contribution in [0.25, 0.3) is 0 Å². The van der Waals surface area contributed by atoms with E-state index in [1.54, 1.807) is 0 Å². The second kappa shape index (κ2) is 6.55. The number of ether oxygens (including phenoxy) is 1. The first-order chi connectivity index (χ1) is 9.39. The van der Waals surface area contributed by atoms with Gasteiger partial charge in [0.1, 0.15) is 0 Å². The lowest BCUT2D eigenvalue weighted by Gasteiger charge is -2.48. The van der Waals surface area contributed by atoms with Gasteiger partial charge in [0.05, 0.1) is 13.2 Å². The Labute approximate surface area is 118 Å². The predicted molar refractivity (Wildman–Crippen MR) is 78.5 cm³/mol. The van der Waals surface area contributed by atoms with Crippen molar-refractivity contribution in [2.24, 2.45) is 0 Å². The molecule has 1 heterocycles. The van der Waals surface area contributed by atoms with Crippen molar-refractivity contribution in [2.75, 3.05) is 32.8 Å². The highest BCUT2D eigenvalue weighted by atomic mass is 16.5. The molecule has 1 aliphatic heterocycles. The maximum absolute atomic E-state index is 5.55. The molecule has 0 bridgehead atoms. The predicted octanol–water partition coefficient (Wildman–Crippen LogP) is 2.55. The van der Waals surface area contributed by atoms with Crippen molar-refractivity contribution in [3.63, 3.8) is 0 Å². The van der Waals surface area contributed by atoms with Gasteiger partial charge in [0.25, 0.3) is 0 Å². The Morgan fingerprint density at radius 2 is 1.63 bits per heavy atom. The van der Waals surface area contributed by atoms with Gasteiger partial charge in [0.2, 0.25) is 0 Å². The van der Waals surface area contributed by atoms with E-state index in [0.717, 1.165) is 32.3 Å². The number of hydrogen-bond acceptors (Lipinski definition) is 3. The molecule has 0 atom stereocenters. The van der Waals surface area contributed by atoms with Crippen molar-refractivity contribution in [1.29, 1.82) is 0 Å². The van der Waals surface area contributed by atoms with Gasteiger partial charge in [-0.2, -0.15) is 0 Å². The van der Waals surface area contributed by atoms with E-state index in [1.807, 2.05) is 0 Å². The molecule has 2 saturated carbocycles. The van der Waals surface area contributed by atoms with Gasteiger partial charge < -0.3 is 10.1 Å². The molecule has 0 unspecified atom stereocenters. The van der Waals surface area contributed by atoms with Crippen molar-refractivity contribution in [3.05, 3.63) is 0 Å². The first-order valence-corrected chi connectivity index (χ1v) is 8.45. The molecule has 110 valence electrons. The Morgan fingerprint density at radius 3 is 2.32 bits per heavy atom. The van der Waals surface area contributed by atoms with Crippen LogP contribution < -0.4 is 5.32 Å². The maximum atomic E-state index is 5.55. The highest BCUT2D eigenvalue weighted by Gasteiger charge is 2.38. The van der Waals surface area contributed by atoms with Crippen LogP contribution in [0.2, 0.25) is 0 Å². The molecule has 0 spiro atoms. The minimum absolute atomic E-state index is 0.449. The largest absolute Gasteiger partial charge is 0.379 e. The third-order valence-corrected chi connectivity index (χ3v) is 5.54. The van der Waals surface area contributed by atoms with E-state index in [1.165, 1.54) is 64.3 Å². The molecule has 1 saturated heterocycles. The number of nitrogens with zero attached hydrogens (tertiary/aromatic N) is 1. The summed E-state index contributed by atoms with van der Waals surface area (Å²) < 4.78 is 5.55. The molecule has 3 rings (SSSR count). The highest BCUT2D eigenvalue weighted by Crippen LogP contribution is 2.34. The van der Waals surface area contributed by atoms with Crippen molar-refractivity contribution in [3.8, 4) is 0 Å². The van der Waals surface area contributed by atoms with Crippen molar-refractivity contribution in [2.45, 2.75) is 69.4 Å². The van der Waals surface area contributed by atoms with Crippen molar-refractivity contribution < 1.29 is 4.74 Å². The number of hydrogen-bond donors (Lipinski definition) is 1. The molecular formula is C16H30N2O. The van der Waals surface area contributed by atoms with E-state index in [9.17, 15) is 0 Å². The Morgan fingerprint density at radius 1 is 0.947 bits per heavy atom. The molecule has 0 aromatic rings. The van der Waals surface area contributed by atoms with Crippen LogP contribution in [-0.4, -0.2) is 49.3 Å². The summed E-state index contributed by atoms with van der Waals surface area (Å²) >= 11 is 0. The zero-order valence-electron chi connectivity index (χ0n) is 12.3. The molecule has 0 aromatic carbocycles. The van der Waals surface area contributed by atoms with Gasteiger partial charge in [-0.1, -0.05) is 32.1 Å². The van der Waals surface area contributed by atoms with Crippen LogP contribution in [0.15, 0.2) is 0 Å². The van der Waals surface area contributed by atoms with E-state index in [4.69, 9.17) is 4.74 Å². The first-order valence-electron chi connectivity index (χ1n) is 8.45.